The Morgan fingerprint density at radius 3 is 2.60 bits per heavy atom. The van der Waals surface area contributed by atoms with E-state index in [1.54, 1.807) is 13.1 Å². The van der Waals surface area contributed by atoms with Gasteiger partial charge in [-0.25, -0.2) is 0 Å². The van der Waals surface area contributed by atoms with Crippen molar-refractivity contribution in [3.8, 4) is 11.5 Å². The maximum atomic E-state index is 11.3. The Hall–Kier alpha value is -2.35. The van der Waals surface area contributed by atoms with Gasteiger partial charge in [-0.3, -0.25) is 5.43 Å². The van der Waals surface area contributed by atoms with Gasteiger partial charge in [-0.15, -0.1) is 0 Å². The quantitative estimate of drug-likeness (QED) is 0.429. The average Bonchev–Trinajstić information content (AvgIpc) is 2.45. The summed E-state index contributed by atoms with van der Waals surface area (Å²) in [5.74, 6) is -1.02. The molecule has 1 rings (SSSR count). The summed E-state index contributed by atoms with van der Waals surface area (Å²) >= 11 is 4.83. The number of nitrogens with one attached hydrogen (secondary N) is 2. The molecule has 108 valence electrons. The number of methoxy groups -OCH3 is 2. The number of hydrogen-bond acceptors (Lipinski definition) is 6. The van der Waals surface area contributed by atoms with Crippen LogP contribution in [0.2, 0.25) is 0 Å². The third-order valence-corrected chi connectivity index (χ3v) is 2.67. The zero-order valence-corrected chi connectivity index (χ0v) is 12.0. The number of nitrogens with zero attached hydrogens (tertiary/aromatic N) is 1. The van der Waals surface area contributed by atoms with Crippen LogP contribution in [0.5, 0.6) is 11.5 Å². The molecule has 0 amide bonds. The Kier molecular flexibility index (Phi) is 5.73. The van der Waals surface area contributed by atoms with Gasteiger partial charge in [0.05, 0.1) is 32.0 Å². The van der Waals surface area contributed by atoms with Crippen molar-refractivity contribution in [2.45, 2.75) is 0 Å². The third-order valence-electron chi connectivity index (χ3n) is 2.38. The smallest absolute Gasteiger partial charge is 0.186 e. The molecule has 1 aromatic rings. The van der Waals surface area contributed by atoms with Crippen LogP contribution in [0.4, 0.5) is 0 Å². The number of carboxylic acids is 1. The van der Waals surface area contributed by atoms with Crippen LogP contribution in [0.25, 0.3) is 0 Å². The first-order chi connectivity index (χ1) is 9.54. The second-order valence-electron chi connectivity index (χ2n) is 3.50. The van der Waals surface area contributed by atoms with Gasteiger partial charge in [0.25, 0.3) is 0 Å². The molecule has 0 aliphatic heterocycles. The van der Waals surface area contributed by atoms with Gasteiger partial charge in [0.1, 0.15) is 0 Å². The Labute approximate surface area is 121 Å². The Bertz CT molecular complexity index is 546. The Morgan fingerprint density at radius 1 is 1.40 bits per heavy atom. The first kappa shape index (κ1) is 15.7. The summed E-state index contributed by atoms with van der Waals surface area (Å²) in [5, 5.41) is 18.0. The van der Waals surface area contributed by atoms with Crippen molar-refractivity contribution in [3.05, 3.63) is 23.3 Å². The van der Waals surface area contributed by atoms with Crippen molar-refractivity contribution in [2.75, 3.05) is 21.3 Å². The van der Waals surface area contributed by atoms with Crippen LogP contribution in [0, 0.1) is 0 Å². The molecule has 2 N–H and O–H groups in total. The zero-order valence-electron chi connectivity index (χ0n) is 11.2. The molecule has 0 saturated heterocycles. The second kappa shape index (κ2) is 7.29. The molecule has 0 radical (unpaired) electrons. The molecule has 20 heavy (non-hydrogen) atoms. The second-order valence-corrected chi connectivity index (χ2v) is 3.91. The predicted octanol–water partition coefficient (Wildman–Crippen LogP) is -0.505. The van der Waals surface area contributed by atoms with E-state index in [0.29, 0.717) is 16.4 Å². The lowest BCUT2D eigenvalue weighted by atomic mass is 10.1. The minimum absolute atomic E-state index is 0.0765. The number of ether oxygens (including phenoxy) is 2. The number of benzene rings is 1. The molecule has 0 fully saturated rings. The normalized spacial score (nSPS) is 10.2. The summed E-state index contributed by atoms with van der Waals surface area (Å²) in [4.78, 5) is 11.3. The molecule has 0 bridgehead atoms. The summed E-state index contributed by atoms with van der Waals surface area (Å²) in [5.41, 5.74) is 2.67. The topological polar surface area (TPSA) is 95.0 Å². The monoisotopic (exact) mass is 296 g/mol. The van der Waals surface area contributed by atoms with Crippen molar-refractivity contribution in [2.24, 2.45) is 5.10 Å². The van der Waals surface area contributed by atoms with Crippen LogP contribution >= 0.6 is 12.2 Å². The van der Waals surface area contributed by atoms with E-state index >= 15 is 0 Å². The van der Waals surface area contributed by atoms with Gasteiger partial charge < -0.3 is 24.7 Å². The van der Waals surface area contributed by atoms with Gasteiger partial charge in [0.2, 0.25) is 0 Å². The van der Waals surface area contributed by atoms with Gasteiger partial charge in [-0.05, 0) is 24.4 Å². The predicted molar refractivity (Wildman–Crippen MR) is 76.3 cm³/mol. The van der Waals surface area contributed by atoms with Crippen LogP contribution in [0.1, 0.15) is 15.9 Å². The molecule has 0 aliphatic carbocycles. The van der Waals surface area contributed by atoms with Gasteiger partial charge in [-0.1, -0.05) is 0 Å². The van der Waals surface area contributed by atoms with Crippen molar-refractivity contribution in [3.63, 3.8) is 0 Å². The molecule has 1 aromatic carbocycles. The van der Waals surface area contributed by atoms with E-state index in [2.05, 4.69) is 15.8 Å². The summed E-state index contributed by atoms with van der Waals surface area (Å²) in [6, 6.07) is 3.10. The molecular weight excluding hydrogens is 282 g/mol. The van der Waals surface area contributed by atoms with E-state index in [1.807, 2.05) is 0 Å². The average molecular weight is 296 g/mol. The first-order valence-electron chi connectivity index (χ1n) is 5.52. The van der Waals surface area contributed by atoms with Crippen molar-refractivity contribution < 1.29 is 19.4 Å². The van der Waals surface area contributed by atoms with E-state index in [9.17, 15) is 9.90 Å². The maximum absolute atomic E-state index is 11.3. The van der Waals surface area contributed by atoms with Crippen molar-refractivity contribution in [1.29, 1.82) is 0 Å². The molecule has 0 heterocycles. The molecule has 0 aliphatic rings. The fraction of sp³-hybridized carbons (Fsp3) is 0.250. The number of thiocarbonyl (C=S) groups is 1. The van der Waals surface area contributed by atoms with Crippen LogP contribution in [0.15, 0.2) is 17.2 Å². The van der Waals surface area contributed by atoms with E-state index < -0.39 is 5.97 Å². The fourth-order valence-electron chi connectivity index (χ4n) is 1.48. The number of hydrogen-bond donors (Lipinski definition) is 2. The van der Waals surface area contributed by atoms with Crippen LogP contribution < -0.4 is 25.3 Å². The minimum atomic E-state index is -1.39. The molecule has 0 unspecified atom stereocenters. The van der Waals surface area contributed by atoms with Gasteiger partial charge in [0, 0.05) is 12.6 Å². The van der Waals surface area contributed by atoms with Crippen LogP contribution in [-0.2, 0) is 0 Å². The third kappa shape index (κ3) is 3.58. The van der Waals surface area contributed by atoms with E-state index in [1.165, 1.54) is 26.5 Å². The number of carbonyl (C=O) groups is 1. The fourth-order valence-corrected chi connectivity index (χ4v) is 1.53. The van der Waals surface area contributed by atoms with Gasteiger partial charge in [0.15, 0.2) is 16.6 Å². The Balaban J connectivity index is 3.19. The molecule has 0 aromatic heterocycles. The molecular formula is C12H14N3O4S-. The molecule has 7 nitrogen and oxygen atoms in total. The summed E-state index contributed by atoms with van der Waals surface area (Å²) in [7, 11) is 4.39. The highest BCUT2D eigenvalue weighted by atomic mass is 32.1. The largest absolute Gasteiger partial charge is 0.545 e. The molecule has 0 atom stereocenters. The highest BCUT2D eigenvalue weighted by molar-refractivity contribution is 7.80. The van der Waals surface area contributed by atoms with Crippen LogP contribution in [0.3, 0.4) is 0 Å². The number of carbonyl (C=O) groups excluding carboxylic acids is 1. The molecule has 8 heteroatoms. The Morgan fingerprint density at radius 2 is 2.10 bits per heavy atom. The van der Waals surface area contributed by atoms with Crippen LogP contribution in [-0.4, -0.2) is 38.6 Å². The lowest BCUT2D eigenvalue weighted by Gasteiger charge is -2.15. The number of rotatable bonds is 5. The van der Waals surface area contributed by atoms with Gasteiger partial charge in [-0.2, -0.15) is 5.10 Å². The standard InChI is InChI=1S/C12H15N3O4S/c1-13-12(20)15-14-6-7-4-5-8(18-2)10(19-3)9(7)11(16)17/h4-6H,1-3H3,(H,16,17)(H2,13,15,20)/p-1/b14-6-. The van der Waals surface area contributed by atoms with Gasteiger partial charge >= 0.3 is 0 Å². The van der Waals surface area contributed by atoms with E-state index in [0.717, 1.165) is 0 Å². The minimum Gasteiger partial charge on any atom is -0.545 e. The highest BCUT2D eigenvalue weighted by Crippen LogP contribution is 2.32. The molecule has 0 spiro atoms. The first-order valence-corrected chi connectivity index (χ1v) is 5.93. The van der Waals surface area contributed by atoms with Crippen molar-refractivity contribution in [1.82, 2.24) is 10.7 Å². The van der Waals surface area contributed by atoms with E-state index in [4.69, 9.17) is 21.7 Å². The maximum Gasteiger partial charge on any atom is 0.186 e. The number of carboxylic acid groups (broad SMARTS) is 1. The summed E-state index contributed by atoms with van der Waals surface area (Å²) in [6.07, 6.45) is 1.30. The molecule has 0 saturated carbocycles. The zero-order chi connectivity index (χ0) is 15.1. The summed E-state index contributed by atoms with van der Waals surface area (Å²) in [6.45, 7) is 0. The number of hydrazone groups is 1. The van der Waals surface area contributed by atoms with E-state index in [-0.39, 0.29) is 11.3 Å². The highest BCUT2D eigenvalue weighted by Gasteiger charge is 2.14. The summed E-state index contributed by atoms with van der Waals surface area (Å²) < 4.78 is 10.1. The SMILES string of the molecule is CNC(=S)N/N=C\c1ccc(OC)c(OC)c1C(=O)[O-]. The number of aromatic carboxylic acids is 1. The van der Waals surface area contributed by atoms with Crippen molar-refractivity contribution >= 4 is 29.5 Å². The lowest BCUT2D eigenvalue weighted by Crippen LogP contribution is -2.28. The lowest BCUT2D eigenvalue weighted by molar-refractivity contribution is -0.255.